The minimum absolute atomic E-state index is 0.271. The van der Waals surface area contributed by atoms with Gasteiger partial charge in [-0.1, -0.05) is 11.2 Å². The van der Waals surface area contributed by atoms with E-state index in [2.05, 4.69) is 34.6 Å². The van der Waals surface area contributed by atoms with Crippen molar-refractivity contribution in [3.63, 3.8) is 0 Å². The number of nitrogens with zero attached hydrogens (tertiary/aromatic N) is 4. The maximum atomic E-state index is 9.15. The molecule has 0 radical (unpaired) electrons. The predicted octanol–water partition coefficient (Wildman–Crippen LogP) is 4.13. The third-order valence-corrected chi connectivity index (χ3v) is 5.53. The van der Waals surface area contributed by atoms with Crippen molar-refractivity contribution in [2.24, 2.45) is 5.11 Å². The number of fused-ring (bicyclic) bond motifs is 1. The highest BCUT2D eigenvalue weighted by Crippen LogP contribution is 2.36. The molecule has 0 aromatic heterocycles. The van der Waals surface area contributed by atoms with Crippen LogP contribution >= 0.6 is 0 Å². The average molecular weight is 377 g/mol. The van der Waals surface area contributed by atoms with Gasteiger partial charge in [-0.05, 0) is 68.8 Å². The Kier molecular flexibility index (Phi) is 6.08. The molecule has 1 saturated heterocycles. The molecule has 0 aliphatic carbocycles. The lowest BCUT2D eigenvalue weighted by Crippen LogP contribution is -2.38. The van der Waals surface area contributed by atoms with Gasteiger partial charge in [-0.2, -0.15) is 0 Å². The third kappa shape index (κ3) is 4.91. The zero-order valence-electron chi connectivity index (χ0n) is 15.9. The summed E-state index contributed by atoms with van der Waals surface area (Å²) in [5, 5.41) is 4.12. The van der Waals surface area contributed by atoms with E-state index in [0.29, 0.717) is 19.8 Å². The van der Waals surface area contributed by atoms with Crippen molar-refractivity contribution in [1.82, 2.24) is 4.90 Å². The van der Waals surface area contributed by atoms with Gasteiger partial charge in [0, 0.05) is 11.5 Å². The topological polar surface area (TPSA) is 79.7 Å². The molecule has 2 heterocycles. The number of hydrogen-bond donors (Lipinski definition) is 0. The molecule has 0 spiro atoms. The van der Waals surface area contributed by atoms with E-state index in [1.54, 1.807) is 0 Å². The molecule has 7 nitrogen and oxygen atoms in total. The Balaban J connectivity index is 1.90. The van der Waals surface area contributed by atoms with Gasteiger partial charge >= 0.3 is 0 Å². The molecule has 0 bridgehead atoms. The normalized spacial score (nSPS) is 19.7. The van der Waals surface area contributed by atoms with Crippen molar-refractivity contribution in [1.29, 1.82) is 0 Å². The molecule has 2 atom stereocenters. The van der Waals surface area contributed by atoms with E-state index in [-0.39, 0.29) is 12.1 Å². The summed E-state index contributed by atoms with van der Waals surface area (Å²) in [7, 11) is -1.86. The van der Waals surface area contributed by atoms with Crippen LogP contribution in [0.2, 0.25) is 19.6 Å². The molecule has 142 valence electrons. The van der Waals surface area contributed by atoms with Crippen molar-refractivity contribution >= 4 is 8.32 Å². The zero-order valence-corrected chi connectivity index (χ0v) is 16.9. The molecular weight excluding hydrogens is 348 g/mol. The number of hydrogen-bond acceptors (Lipinski definition) is 5. The van der Waals surface area contributed by atoms with E-state index in [1.165, 1.54) is 12.8 Å². The SMILES string of the molecule is C[Si](C)(C)OC(c1ccc2c(c1)OCCO2)C(CN1CCCC1)N=[N+]=[N-]. The van der Waals surface area contributed by atoms with Gasteiger partial charge < -0.3 is 18.8 Å². The van der Waals surface area contributed by atoms with Gasteiger partial charge in [-0.3, -0.25) is 0 Å². The first-order chi connectivity index (χ1) is 12.5. The van der Waals surface area contributed by atoms with Crippen LogP contribution in [0.1, 0.15) is 24.5 Å². The van der Waals surface area contributed by atoms with Crippen molar-refractivity contribution in [3.05, 3.63) is 34.2 Å². The molecule has 26 heavy (non-hydrogen) atoms. The maximum absolute atomic E-state index is 9.15. The van der Waals surface area contributed by atoms with Crippen LogP contribution in [0.4, 0.5) is 0 Å². The van der Waals surface area contributed by atoms with Gasteiger partial charge in [0.05, 0.1) is 12.1 Å². The van der Waals surface area contributed by atoms with Crippen LogP contribution in [0.15, 0.2) is 23.3 Å². The summed E-state index contributed by atoms with van der Waals surface area (Å²) in [5.74, 6) is 1.49. The van der Waals surface area contributed by atoms with Gasteiger partial charge in [0.25, 0.3) is 0 Å². The van der Waals surface area contributed by atoms with Crippen LogP contribution in [-0.2, 0) is 4.43 Å². The minimum atomic E-state index is -1.86. The third-order valence-electron chi connectivity index (χ3n) is 4.57. The molecule has 8 heteroatoms. The zero-order chi connectivity index (χ0) is 18.6. The van der Waals surface area contributed by atoms with Gasteiger partial charge in [0.15, 0.2) is 19.8 Å². The van der Waals surface area contributed by atoms with E-state index >= 15 is 0 Å². The quantitative estimate of drug-likeness (QED) is 0.310. The first-order valence-corrected chi connectivity index (χ1v) is 12.7. The number of benzene rings is 1. The molecule has 1 aromatic rings. The van der Waals surface area contributed by atoms with Gasteiger partial charge in [0.2, 0.25) is 0 Å². The molecule has 2 unspecified atom stereocenters. The monoisotopic (exact) mass is 376 g/mol. The Bertz CT molecular complexity index is 667. The molecule has 1 aromatic carbocycles. The van der Waals surface area contributed by atoms with Crippen LogP contribution in [0, 0.1) is 0 Å². The summed E-state index contributed by atoms with van der Waals surface area (Å²) in [6, 6.07) is 5.63. The highest BCUT2D eigenvalue weighted by atomic mass is 28.4. The standard InChI is InChI=1S/C18H28N4O3Si/c1-26(2,3)25-18(15(20-21-19)13-22-8-4-5-9-22)14-6-7-16-17(12-14)24-11-10-23-16/h6-7,12,15,18H,4-5,8-11,13H2,1-3H3. The first-order valence-electron chi connectivity index (χ1n) is 9.30. The summed E-state index contributed by atoms with van der Waals surface area (Å²) in [4.78, 5) is 5.48. The first kappa shape index (κ1) is 19.0. The van der Waals surface area contributed by atoms with Crippen molar-refractivity contribution in [2.45, 2.75) is 44.6 Å². The Morgan fingerprint density at radius 2 is 1.88 bits per heavy atom. The van der Waals surface area contributed by atoms with E-state index in [1.807, 2.05) is 18.2 Å². The number of rotatable bonds is 7. The van der Waals surface area contributed by atoms with Crippen molar-refractivity contribution in [2.75, 3.05) is 32.8 Å². The van der Waals surface area contributed by atoms with Crippen molar-refractivity contribution < 1.29 is 13.9 Å². The second-order valence-electron chi connectivity index (χ2n) is 7.83. The van der Waals surface area contributed by atoms with E-state index in [9.17, 15) is 0 Å². The highest BCUT2D eigenvalue weighted by molar-refractivity contribution is 6.69. The Hall–Kier alpha value is -1.73. The van der Waals surface area contributed by atoms with Gasteiger partial charge in [-0.25, -0.2) is 0 Å². The summed E-state index contributed by atoms with van der Waals surface area (Å²) in [5.41, 5.74) is 10.1. The average Bonchev–Trinajstić information content (AvgIpc) is 3.11. The predicted molar refractivity (Wildman–Crippen MR) is 103 cm³/mol. The number of azide groups is 1. The minimum Gasteiger partial charge on any atom is -0.486 e. The molecule has 3 rings (SSSR count). The van der Waals surface area contributed by atoms with E-state index < -0.39 is 8.32 Å². The van der Waals surface area contributed by atoms with Crippen LogP contribution in [0.5, 0.6) is 11.5 Å². The fraction of sp³-hybridized carbons (Fsp3) is 0.667. The lowest BCUT2D eigenvalue weighted by atomic mass is 10.0. The van der Waals surface area contributed by atoms with Crippen molar-refractivity contribution in [3.8, 4) is 11.5 Å². The Morgan fingerprint density at radius 1 is 1.19 bits per heavy atom. The molecule has 0 N–H and O–H groups in total. The summed E-state index contributed by atoms with van der Waals surface area (Å²) in [6.07, 6.45) is 2.12. The Morgan fingerprint density at radius 3 is 2.54 bits per heavy atom. The largest absolute Gasteiger partial charge is 0.486 e. The maximum Gasteiger partial charge on any atom is 0.184 e. The fourth-order valence-corrected chi connectivity index (χ4v) is 4.53. The van der Waals surface area contributed by atoms with E-state index in [0.717, 1.165) is 30.2 Å². The molecule has 2 aliphatic heterocycles. The van der Waals surface area contributed by atoms with Gasteiger partial charge in [0.1, 0.15) is 13.2 Å². The lowest BCUT2D eigenvalue weighted by Gasteiger charge is -2.33. The molecule has 1 fully saturated rings. The van der Waals surface area contributed by atoms with Crippen LogP contribution in [0.25, 0.3) is 10.4 Å². The molecule has 0 saturated carbocycles. The molecular formula is C18H28N4O3Si. The smallest absolute Gasteiger partial charge is 0.184 e. The van der Waals surface area contributed by atoms with Gasteiger partial charge in [-0.15, -0.1) is 0 Å². The number of ether oxygens (including phenoxy) is 2. The second-order valence-corrected chi connectivity index (χ2v) is 12.3. The van der Waals surface area contributed by atoms with E-state index in [4.69, 9.17) is 19.4 Å². The van der Waals surface area contributed by atoms with Crippen LogP contribution < -0.4 is 9.47 Å². The molecule has 0 amide bonds. The highest BCUT2D eigenvalue weighted by Gasteiger charge is 2.31. The Labute approximate surface area is 156 Å². The summed E-state index contributed by atoms with van der Waals surface area (Å²) >= 11 is 0. The summed E-state index contributed by atoms with van der Waals surface area (Å²) < 4.78 is 17.9. The number of likely N-dealkylation sites (tertiary alicyclic amines) is 1. The fourth-order valence-electron chi connectivity index (χ4n) is 3.48. The summed E-state index contributed by atoms with van der Waals surface area (Å²) in [6.45, 7) is 10.4. The van der Waals surface area contributed by atoms with Crippen LogP contribution in [0.3, 0.4) is 0 Å². The molecule has 2 aliphatic rings. The van der Waals surface area contributed by atoms with Crippen LogP contribution in [-0.4, -0.2) is 52.1 Å². The lowest BCUT2D eigenvalue weighted by molar-refractivity contribution is 0.139. The second kappa shape index (κ2) is 8.31.